The molecule has 2 aromatic heterocycles. The van der Waals surface area contributed by atoms with Crippen LogP contribution in [0.2, 0.25) is 0 Å². The number of nitrogens with zero attached hydrogens (tertiary/aromatic N) is 3. The van der Waals surface area contributed by atoms with Gasteiger partial charge in [-0.3, -0.25) is 0 Å². The number of hydrogen-bond acceptors (Lipinski definition) is 3. The Balaban J connectivity index is 2.14. The molecule has 1 aromatic carbocycles. The summed E-state index contributed by atoms with van der Waals surface area (Å²) in [5.41, 5.74) is 0.561. The first-order chi connectivity index (χ1) is 9.45. The summed E-state index contributed by atoms with van der Waals surface area (Å²) in [6.45, 7) is 0. The lowest BCUT2D eigenvalue weighted by Crippen LogP contribution is -2.06. The lowest BCUT2D eigenvalue weighted by molar-refractivity contribution is -0.138. The number of H-pyrrole nitrogens is 1. The maximum Gasteiger partial charge on any atom is 0.417 e. The van der Waals surface area contributed by atoms with Crippen molar-refractivity contribution in [3.05, 3.63) is 40.8 Å². The van der Waals surface area contributed by atoms with E-state index in [1.807, 2.05) is 0 Å². The van der Waals surface area contributed by atoms with Crippen LogP contribution in [0.15, 0.2) is 35.2 Å². The molecule has 20 heavy (non-hydrogen) atoms. The summed E-state index contributed by atoms with van der Waals surface area (Å²) < 4.78 is 38.6. The third-order valence-electron chi connectivity index (χ3n) is 2.71. The summed E-state index contributed by atoms with van der Waals surface area (Å²) in [6, 6.07) is 3.93. The molecule has 3 aromatic rings. The maximum atomic E-state index is 12.9. The lowest BCUT2D eigenvalue weighted by atomic mass is 10.1. The Morgan fingerprint density at radius 2 is 2.00 bits per heavy atom. The van der Waals surface area contributed by atoms with Gasteiger partial charge in [0.15, 0.2) is 5.65 Å². The zero-order chi connectivity index (χ0) is 14.3. The average Bonchev–Trinajstić information content (AvgIpc) is 2.81. The molecule has 2 heterocycles. The average molecular weight is 343 g/mol. The molecule has 102 valence electrons. The highest BCUT2D eigenvalue weighted by Gasteiger charge is 2.33. The van der Waals surface area contributed by atoms with Crippen molar-refractivity contribution in [3.63, 3.8) is 0 Å². The number of benzene rings is 1. The van der Waals surface area contributed by atoms with E-state index in [0.717, 1.165) is 6.07 Å². The summed E-state index contributed by atoms with van der Waals surface area (Å²) in [5, 5.41) is 0. The Kier molecular flexibility index (Phi) is 2.97. The van der Waals surface area contributed by atoms with Crippen LogP contribution in [0.1, 0.15) is 5.56 Å². The number of rotatable bonds is 1. The summed E-state index contributed by atoms with van der Waals surface area (Å²) in [7, 11) is 0. The molecule has 0 amide bonds. The van der Waals surface area contributed by atoms with Gasteiger partial charge >= 0.3 is 6.18 Å². The van der Waals surface area contributed by atoms with E-state index in [2.05, 4.69) is 35.9 Å². The van der Waals surface area contributed by atoms with Gasteiger partial charge in [0.05, 0.1) is 11.8 Å². The SMILES string of the molecule is FC(F)(F)c1cc(-c2nc3ncncc3[nH]2)ccc1Br. The normalized spacial score (nSPS) is 12.0. The second-order valence-electron chi connectivity index (χ2n) is 4.04. The Bertz CT molecular complexity index is 749. The Labute approximate surface area is 119 Å². The van der Waals surface area contributed by atoms with Gasteiger partial charge in [-0.05, 0) is 12.1 Å². The number of fused-ring (bicyclic) bond motifs is 1. The minimum Gasteiger partial charge on any atom is -0.335 e. The van der Waals surface area contributed by atoms with Gasteiger partial charge in [-0.25, -0.2) is 15.0 Å². The van der Waals surface area contributed by atoms with E-state index in [4.69, 9.17) is 0 Å². The Morgan fingerprint density at radius 1 is 1.20 bits per heavy atom. The molecule has 0 bridgehead atoms. The molecular formula is C12H6BrF3N4. The molecule has 0 atom stereocenters. The molecule has 3 rings (SSSR count). The molecule has 0 aliphatic heterocycles. The molecule has 0 saturated heterocycles. The number of aromatic nitrogens is 4. The molecule has 4 nitrogen and oxygen atoms in total. The third kappa shape index (κ3) is 2.26. The van der Waals surface area contributed by atoms with Gasteiger partial charge in [0.25, 0.3) is 0 Å². The van der Waals surface area contributed by atoms with Gasteiger partial charge in [-0.15, -0.1) is 0 Å². The van der Waals surface area contributed by atoms with Crippen LogP contribution in [-0.2, 0) is 6.18 Å². The molecule has 8 heteroatoms. The summed E-state index contributed by atoms with van der Waals surface area (Å²) in [4.78, 5) is 14.8. The van der Waals surface area contributed by atoms with Gasteiger partial charge < -0.3 is 4.98 Å². The number of nitrogens with one attached hydrogen (secondary N) is 1. The summed E-state index contributed by atoms with van der Waals surface area (Å²) >= 11 is 2.90. The topological polar surface area (TPSA) is 54.5 Å². The fraction of sp³-hybridized carbons (Fsp3) is 0.0833. The minimum absolute atomic E-state index is 0.00958. The standard InChI is InChI=1S/C12H6BrF3N4/c13-8-2-1-6(3-7(8)12(14,15)16)10-19-9-4-17-5-18-11(9)20-10/h1-5H,(H,17,18,19,20). The van der Waals surface area contributed by atoms with Crippen LogP contribution in [-0.4, -0.2) is 19.9 Å². The van der Waals surface area contributed by atoms with Crippen molar-refractivity contribution >= 4 is 27.1 Å². The molecule has 0 radical (unpaired) electrons. The van der Waals surface area contributed by atoms with Crippen LogP contribution < -0.4 is 0 Å². The molecule has 0 unspecified atom stereocenters. The fourth-order valence-corrected chi connectivity index (χ4v) is 2.26. The minimum atomic E-state index is -4.43. The second kappa shape index (κ2) is 4.55. The molecule has 0 spiro atoms. The Morgan fingerprint density at radius 3 is 2.70 bits per heavy atom. The van der Waals surface area contributed by atoms with E-state index in [1.165, 1.54) is 18.6 Å². The van der Waals surface area contributed by atoms with E-state index in [9.17, 15) is 13.2 Å². The van der Waals surface area contributed by atoms with Gasteiger partial charge in [0, 0.05) is 10.0 Å². The number of aromatic amines is 1. The first kappa shape index (κ1) is 13.0. The van der Waals surface area contributed by atoms with Crippen LogP contribution in [0.4, 0.5) is 13.2 Å². The third-order valence-corrected chi connectivity index (χ3v) is 3.40. The van der Waals surface area contributed by atoms with Gasteiger partial charge in [0.2, 0.25) is 0 Å². The summed E-state index contributed by atoms with van der Waals surface area (Å²) in [5.74, 6) is 0.318. The number of imidazole rings is 1. The van der Waals surface area contributed by atoms with Crippen LogP contribution in [0.3, 0.4) is 0 Å². The van der Waals surface area contributed by atoms with E-state index >= 15 is 0 Å². The Hall–Kier alpha value is -1.96. The van der Waals surface area contributed by atoms with Gasteiger partial charge in [-0.1, -0.05) is 22.0 Å². The van der Waals surface area contributed by atoms with Crippen molar-refractivity contribution in [1.29, 1.82) is 0 Å². The first-order valence-electron chi connectivity index (χ1n) is 5.48. The molecule has 0 aliphatic carbocycles. The second-order valence-corrected chi connectivity index (χ2v) is 4.89. The molecular weight excluding hydrogens is 337 g/mol. The fourth-order valence-electron chi connectivity index (χ4n) is 1.79. The van der Waals surface area contributed by atoms with Crippen molar-refractivity contribution in [1.82, 2.24) is 19.9 Å². The van der Waals surface area contributed by atoms with E-state index in [-0.39, 0.29) is 4.47 Å². The number of halogens is 4. The van der Waals surface area contributed by atoms with Crippen molar-refractivity contribution in [2.45, 2.75) is 6.18 Å². The first-order valence-corrected chi connectivity index (χ1v) is 6.27. The van der Waals surface area contributed by atoms with Crippen LogP contribution in [0.5, 0.6) is 0 Å². The van der Waals surface area contributed by atoms with Gasteiger partial charge in [-0.2, -0.15) is 13.2 Å². The van der Waals surface area contributed by atoms with Crippen molar-refractivity contribution in [3.8, 4) is 11.4 Å². The van der Waals surface area contributed by atoms with Gasteiger partial charge in [0.1, 0.15) is 17.7 Å². The van der Waals surface area contributed by atoms with Crippen molar-refractivity contribution in [2.24, 2.45) is 0 Å². The van der Waals surface area contributed by atoms with E-state index in [1.54, 1.807) is 6.07 Å². The maximum absolute atomic E-state index is 12.9. The van der Waals surface area contributed by atoms with Crippen molar-refractivity contribution in [2.75, 3.05) is 0 Å². The smallest absolute Gasteiger partial charge is 0.335 e. The molecule has 0 aliphatic rings. The highest BCUT2D eigenvalue weighted by atomic mass is 79.9. The zero-order valence-corrected chi connectivity index (χ0v) is 11.3. The van der Waals surface area contributed by atoms with E-state index < -0.39 is 11.7 Å². The predicted molar refractivity (Wildman–Crippen MR) is 69.8 cm³/mol. The molecule has 0 saturated carbocycles. The van der Waals surface area contributed by atoms with Crippen LogP contribution >= 0.6 is 15.9 Å². The van der Waals surface area contributed by atoms with Crippen molar-refractivity contribution < 1.29 is 13.2 Å². The van der Waals surface area contributed by atoms with Crippen LogP contribution in [0, 0.1) is 0 Å². The van der Waals surface area contributed by atoms with E-state index in [0.29, 0.717) is 22.6 Å². The quantitative estimate of drug-likeness (QED) is 0.731. The van der Waals surface area contributed by atoms with Crippen LogP contribution in [0.25, 0.3) is 22.6 Å². The lowest BCUT2D eigenvalue weighted by Gasteiger charge is -2.10. The highest BCUT2D eigenvalue weighted by molar-refractivity contribution is 9.10. The zero-order valence-electron chi connectivity index (χ0n) is 9.74. The largest absolute Gasteiger partial charge is 0.417 e. The monoisotopic (exact) mass is 342 g/mol. The predicted octanol–water partition coefficient (Wildman–Crippen LogP) is 3.80. The number of hydrogen-bond donors (Lipinski definition) is 1. The highest BCUT2D eigenvalue weighted by Crippen LogP contribution is 2.37. The molecule has 1 N–H and O–H groups in total. The molecule has 0 fully saturated rings. The number of alkyl halides is 3. The summed E-state index contributed by atoms with van der Waals surface area (Å²) in [6.07, 6.45) is -1.58.